The van der Waals surface area contributed by atoms with Crippen LogP contribution in [0.25, 0.3) is 0 Å². The number of unbranched alkanes of at least 4 members (excludes halogenated alkanes) is 2. The van der Waals surface area contributed by atoms with Gasteiger partial charge in [-0.1, -0.05) is 70.9 Å². The Kier molecular flexibility index (Phi) is 39.3. The van der Waals surface area contributed by atoms with Gasteiger partial charge < -0.3 is 34.0 Å². The Balaban J connectivity index is 2.32. The van der Waals surface area contributed by atoms with Gasteiger partial charge in [-0.3, -0.25) is 28.8 Å². The van der Waals surface area contributed by atoms with Crippen molar-refractivity contribution < 1.29 is 67.1 Å². The van der Waals surface area contributed by atoms with Gasteiger partial charge in [-0.25, -0.2) is 0 Å². The van der Waals surface area contributed by atoms with Crippen LogP contribution in [0.5, 0.6) is 0 Å². The van der Waals surface area contributed by atoms with Gasteiger partial charge >= 0.3 is 301 Å². The standard InChI is InChI=1S/C69H109N11O14Se/c1-42(2)29-49(66(91)78-55(31-44(5)6)60(85)36-48(20-14-16-28-71)65(90)79-57(37-61(73)86)59(84)35-47(63(74)88)19-13-15-27-70)33-51(81)40-76-64(89)50(41-95-53-23-21-46(22-24-53)38-77-68(93)94-69(7,8)9)34-52(82)39-75-62(87)26-25-58(83)56(32-45-17-11-10-12-18-45)80-67(92)54(72)30-43(3)4/h10-12,17-18,21-24,42-44,47-50,54-57H,13-16,19-20,25-41,70-72H2,1-9H3,(H2,73,86)(H2,74,88)(H,75,87)(H,76,89)(H,77,93)(H,78,91)(H,79,90)(H,80,92)/t47-,48-,49-,50+,54+,55+,56+,57+/m1/s1. The van der Waals surface area contributed by atoms with E-state index in [9.17, 15) is 62.3 Å². The van der Waals surface area contributed by atoms with Crippen molar-refractivity contribution in [1.29, 1.82) is 0 Å². The number of hydrogen-bond acceptors (Lipinski definition) is 17. The van der Waals surface area contributed by atoms with Gasteiger partial charge in [0.25, 0.3) is 0 Å². The van der Waals surface area contributed by atoms with Gasteiger partial charge in [0.2, 0.25) is 23.6 Å². The van der Waals surface area contributed by atoms with Crippen LogP contribution in [0.2, 0.25) is 5.32 Å². The van der Waals surface area contributed by atoms with E-state index in [1.807, 2.05) is 84.0 Å². The number of carbonyl (C=O) groups is 13. The molecule has 95 heavy (non-hydrogen) atoms. The summed E-state index contributed by atoms with van der Waals surface area (Å²) in [6.07, 6.45) is 0.261. The molecule has 2 rings (SSSR count). The molecule has 0 aliphatic rings. The van der Waals surface area contributed by atoms with Crippen LogP contribution in [-0.2, 0) is 75.2 Å². The minimum absolute atomic E-state index is 0.111. The molecule has 0 aliphatic heterocycles. The van der Waals surface area contributed by atoms with Crippen LogP contribution in [-0.4, -0.2) is 147 Å². The fraction of sp³-hybridized carbons (Fsp3) is 0.638. The third-order valence-corrected chi connectivity index (χ3v) is 17.9. The van der Waals surface area contributed by atoms with Crippen molar-refractivity contribution in [3.05, 3.63) is 65.7 Å². The van der Waals surface area contributed by atoms with Gasteiger partial charge in [-0.15, -0.1) is 0 Å². The number of Topliss-reactive ketones (excluding diaryl/α,β-unsaturated/α-hetero) is 5. The molecule has 0 bridgehead atoms. The Bertz CT molecular complexity index is 2830. The number of benzene rings is 2. The average Bonchev–Trinajstić information content (AvgIpc) is 1.26. The summed E-state index contributed by atoms with van der Waals surface area (Å²) in [5.74, 6) is -11.2. The third kappa shape index (κ3) is 36.4. The van der Waals surface area contributed by atoms with E-state index in [1.165, 1.54) is 0 Å². The van der Waals surface area contributed by atoms with Crippen molar-refractivity contribution in [2.75, 3.05) is 26.2 Å². The van der Waals surface area contributed by atoms with E-state index in [0.717, 1.165) is 15.6 Å². The summed E-state index contributed by atoms with van der Waals surface area (Å²) in [5, 5.41) is 16.4. The second-order valence-electron chi connectivity index (χ2n) is 26.9. The van der Waals surface area contributed by atoms with Crippen LogP contribution in [0.15, 0.2) is 54.6 Å². The number of hydrogen-bond donors (Lipinski definition) is 11. The summed E-state index contributed by atoms with van der Waals surface area (Å²) in [6.45, 7) is 16.4. The second-order valence-corrected chi connectivity index (χ2v) is 29.2. The number of carbonyl (C=O) groups excluding carboxylic acids is 13. The zero-order valence-corrected chi connectivity index (χ0v) is 59.0. The van der Waals surface area contributed by atoms with Crippen LogP contribution in [0.4, 0.5) is 4.79 Å². The monoisotopic (exact) mass is 1400 g/mol. The number of nitrogens with one attached hydrogen (secondary N) is 6. The first-order valence-electron chi connectivity index (χ1n) is 33.2. The fourth-order valence-electron chi connectivity index (χ4n) is 10.5. The van der Waals surface area contributed by atoms with Gasteiger partial charge in [0.15, 0.2) is 5.78 Å². The Hall–Kier alpha value is -7.25. The number of primary amides is 2. The van der Waals surface area contributed by atoms with Crippen LogP contribution in [0.3, 0.4) is 0 Å². The van der Waals surface area contributed by atoms with Crippen molar-refractivity contribution in [1.82, 2.24) is 31.9 Å². The van der Waals surface area contributed by atoms with Crippen molar-refractivity contribution in [2.24, 2.45) is 70.1 Å². The average molecular weight is 1400 g/mol. The van der Waals surface area contributed by atoms with E-state index >= 15 is 0 Å². The van der Waals surface area contributed by atoms with E-state index < -0.39 is 164 Å². The molecule has 8 atom stereocenters. The summed E-state index contributed by atoms with van der Waals surface area (Å²) < 4.78 is 6.18. The molecule has 0 saturated heterocycles. The summed E-state index contributed by atoms with van der Waals surface area (Å²) in [6, 6.07) is 12.0. The molecule has 16 N–H and O–H groups in total. The number of amides is 8. The summed E-state index contributed by atoms with van der Waals surface area (Å²) in [4.78, 5) is 175. The topological polar surface area (TPSA) is 433 Å². The van der Waals surface area contributed by atoms with Crippen molar-refractivity contribution in [2.45, 2.75) is 213 Å². The van der Waals surface area contributed by atoms with E-state index in [1.54, 1.807) is 32.9 Å². The first-order chi connectivity index (χ1) is 44.7. The van der Waals surface area contributed by atoms with Crippen LogP contribution >= 0.6 is 0 Å². The zero-order chi connectivity index (χ0) is 71.4. The molecule has 0 aromatic heterocycles. The molecule has 0 aliphatic carbocycles. The van der Waals surface area contributed by atoms with Gasteiger partial charge in [-0.05, 0) is 62.6 Å². The molecule has 0 fully saturated rings. The number of alkyl carbamates (subject to hydrolysis) is 1. The van der Waals surface area contributed by atoms with Crippen molar-refractivity contribution >= 4 is 95.8 Å². The molecular formula is C69H109N11O14Se. The quantitative estimate of drug-likeness (QED) is 0.0335. The molecule has 0 unspecified atom stereocenters. The van der Waals surface area contributed by atoms with E-state index in [4.69, 9.17) is 33.4 Å². The van der Waals surface area contributed by atoms with Crippen LogP contribution in [0.1, 0.15) is 176 Å². The van der Waals surface area contributed by atoms with E-state index in [0.29, 0.717) is 38.6 Å². The van der Waals surface area contributed by atoms with Crippen LogP contribution < -0.4 is 65.0 Å². The predicted molar refractivity (Wildman–Crippen MR) is 364 cm³/mol. The maximum atomic E-state index is 14.4. The number of ketones is 5. The number of nitrogens with two attached hydrogens (primary N) is 5. The predicted octanol–water partition coefficient (Wildman–Crippen LogP) is 3.12. The Morgan fingerprint density at radius 3 is 1.59 bits per heavy atom. The van der Waals surface area contributed by atoms with E-state index in [-0.39, 0.29) is 107 Å². The van der Waals surface area contributed by atoms with Gasteiger partial charge in [-0.2, -0.15) is 0 Å². The Morgan fingerprint density at radius 2 is 1.03 bits per heavy atom. The first kappa shape index (κ1) is 83.8. The molecule has 0 saturated carbocycles. The first-order valence-corrected chi connectivity index (χ1v) is 35.3. The Morgan fingerprint density at radius 1 is 0.505 bits per heavy atom. The third-order valence-electron chi connectivity index (χ3n) is 15.5. The molecule has 8 amide bonds. The molecule has 25 nitrogen and oxygen atoms in total. The fourth-order valence-corrected chi connectivity index (χ4v) is 12.5. The molecule has 26 heteroatoms. The van der Waals surface area contributed by atoms with Crippen LogP contribution in [0, 0.1) is 41.4 Å². The van der Waals surface area contributed by atoms with Crippen molar-refractivity contribution in [3.63, 3.8) is 0 Å². The molecule has 0 spiro atoms. The van der Waals surface area contributed by atoms with Gasteiger partial charge in [0.05, 0.1) is 18.5 Å². The minimum Gasteiger partial charge on any atom is -0.370 e. The smallest absolute Gasteiger partial charge is 0.370 e. The molecule has 2 aromatic carbocycles. The second kappa shape index (κ2) is 44.5. The zero-order valence-electron chi connectivity index (χ0n) is 57.3. The number of rotatable bonds is 49. The molecule has 0 radical (unpaired) electrons. The van der Waals surface area contributed by atoms with Gasteiger partial charge in [0.1, 0.15) is 0 Å². The van der Waals surface area contributed by atoms with Crippen molar-refractivity contribution in [3.8, 4) is 0 Å². The molecule has 0 heterocycles. The molecular weight excluding hydrogens is 1290 g/mol. The van der Waals surface area contributed by atoms with E-state index in [2.05, 4.69) is 31.9 Å². The number of ether oxygens (including phenoxy) is 1. The Labute approximate surface area is 567 Å². The SMILES string of the molecule is CC(C)C[C@H](CC(=O)CNC(=O)[C@H](C[Se]c1ccc(CNC(=O)OC(C)(C)C)cc1)CC(=O)CNC(=O)CCC(=O)[C@H](Cc1ccccc1)NC(=O)[C@@H](N)CC(C)C)C(=O)N[C@@H](CC(C)C)C(=O)C[C@@H](CCCCN)C(=O)N[C@@H](CC(N)=O)C(=O)C[C@@H](CCCCN)C(N)=O. The summed E-state index contributed by atoms with van der Waals surface area (Å²) in [7, 11) is 0. The normalized spacial score (nSPS) is 14.0. The van der Waals surface area contributed by atoms with Gasteiger partial charge in [0, 0.05) is 24.7 Å². The summed E-state index contributed by atoms with van der Waals surface area (Å²) in [5.41, 5.74) is 29.5. The molecule has 530 valence electrons. The summed E-state index contributed by atoms with van der Waals surface area (Å²) >= 11 is -0.413. The molecule has 2 aromatic rings. The minimum atomic E-state index is -1.42. The maximum absolute atomic E-state index is 14.4.